The van der Waals surface area contributed by atoms with Crippen LogP contribution in [0.5, 0.6) is 5.75 Å². The van der Waals surface area contributed by atoms with E-state index in [1.54, 1.807) is 6.07 Å². The van der Waals surface area contributed by atoms with Crippen LogP contribution in [0, 0.1) is 24.0 Å². The molecule has 0 aliphatic heterocycles. The minimum Gasteiger partial charge on any atom is -0.496 e. The Bertz CT molecular complexity index is 1020. The molecule has 0 aliphatic rings. The zero-order valence-corrected chi connectivity index (χ0v) is 15.1. The van der Waals surface area contributed by atoms with E-state index in [4.69, 9.17) is 9.15 Å². The summed E-state index contributed by atoms with van der Waals surface area (Å²) in [4.78, 5) is 23.1. The predicted octanol–water partition coefficient (Wildman–Crippen LogP) is 4.73. The fourth-order valence-corrected chi connectivity index (χ4v) is 2.59. The maximum Gasteiger partial charge on any atom is 0.296 e. The predicted molar refractivity (Wildman–Crippen MR) is 101 cm³/mol. The highest BCUT2D eigenvalue weighted by Gasteiger charge is 2.20. The van der Waals surface area contributed by atoms with Gasteiger partial charge in [0.2, 0.25) is 0 Å². The molecule has 7 nitrogen and oxygen atoms in total. The van der Waals surface area contributed by atoms with E-state index in [2.05, 4.69) is 5.32 Å². The summed E-state index contributed by atoms with van der Waals surface area (Å²) in [6, 6.07) is 13.3. The number of anilines is 1. The molecule has 0 bridgehead atoms. The van der Waals surface area contributed by atoms with Gasteiger partial charge in [0.25, 0.3) is 11.6 Å². The molecule has 0 atom stereocenters. The van der Waals surface area contributed by atoms with Crippen molar-refractivity contribution in [3.63, 3.8) is 0 Å². The van der Waals surface area contributed by atoms with Crippen LogP contribution in [0.15, 0.2) is 52.9 Å². The normalized spacial score (nSPS) is 10.5. The number of amides is 1. The van der Waals surface area contributed by atoms with Gasteiger partial charge in [-0.3, -0.25) is 14.9 Å². The molecular weight excluding hydrogens is 348 g/mol. The lowest BCUT2D eigenvalue weighted by Gasteiger charge is -2.06. The number of nitrogens with zero attached hydrogens (tertiary/aromatic N) is 1. The van der Waals surface area contributed by atoms with E-state index < -0.39 is 10.8 Å². The van der Waals surface area contributed by atoms with Crippen molar-refractivity contribution in [2.75, 3.05) is 12.4 Å². The quantitative estimate of drug-likeness (QED) is 0.520. The lowest BCUT2D eigenvalue weighted by molar-refractivity contribution is -0.384. The lowest BCUT2D eigenvalue weighted by Crippen LogP contribution is -2.12. The fraction of sp³-hybridized carbons (Fsp3) is 0.150. The third-order valence-electron chi connectivity index (χ3n) is 4.27. The van der Waals surface area contributed by atoms with Crippen molar-refractivity contribution in [2.24, 2.45) is 0 Å². The van der Waals surface area contributed by atoms with E-state index >= 15 is 0 Å². The second-order valence-electron chi connectivity index (χ2n) is 6.06. The number of furan rings is 1. The number of rotatable bonds is 5. The Balaban J connectivity index is 1.84. The third kappa shape index (κ3) is 3.82. The molecule has 0 saturated carbocycles. The summed E-state index contributed by atoms with van der Waals surface area (Å²) < 4.78 is 10.6. The Hall–Kier alpha value is -3.61. The number of carbonyl (C=O) groups is 1. The summed E-state index contributed by atoms with van der Waals surface area (Å²) in [5.41, 5.74) is 2.94. The molecule has 3 aromatic rings. The highest BCUT2D eigenvalue weighted by molar-refractivity contribution is 6.03. The molecule has 138 valence electrons. The van der Waals surface area contributed by atoms with Crippen LogP contribution >= 0.6 is 0 Å². The molecule has 1 amide bonds. The molecule has 3 rings (SSSR count). The Kier molecular flexibility index (Phi) is 4.94. The topological polar surface area (TPSA) is 94.6 Å². The SMILES string of the molecule is COc1ccc(NC(=O)c2ccc(-c3ccc(C)c(C)c3)o2)c([N+](=O)[O-])c1. The molecule has 27 heavy (non-hydrogen) atoms. The molecule has 0 aliphatic carbocycles. The summed E-state index contributed by atoms with van der Waals surface area (Å²) in [7, 11) is 1.41. The second kappa shape index (κ2) is 7.33. The zero-order chi connectivity index (χ0) is 19.6. The van der Waals surface area contributed by atoms with Crippen LogP contribution in [-0.2, 0) is 0 Å². The summed E-state index contributed by atoms with van der Waals surface area (Å²) >= 11 is 0. The number of ether oxygens (including phenoxy) is 1. The summed E-state index contributed by atoms with van der Waals surface area (Å²) in [6.07, 6.45) is 0. The van der Waals surface area contributed by atoms with Gasteiger partial charge in [-0.1, -0.05) is 12.1 Å². The number of nitrogens with one attached hydrogen (secondary N) is 1. The van der Waals surface area contributed by atoms with Crippen LogP contribution in [0.1, 0.15) is 21.7 Å². The highest BCUT2D eigenvalue weighted by atomic mass is 16.6. The third-order valence-corrected chi connectivity index (χ3v) is 4.27. The monoisotopic (exact) mass is 366 g/mol. The van der Waals surface area contributed by atoms with Crippen molar-refractivity contribution in [2.45, 2.75) is 13.8 Å². The number of benzene rings is 2. The van der Waals surface area contributed by atoms with Crippen molar-refractivity contribution in [1.82, 2.24) is 0 Å². The molecule has 1 heterocycles. The molecule has 0 fully saturated rings. The molecule has 1 N–H and O–H groups in total. The zero-order valence-electron chi connectivity index (χ0n) is 15.1. The first-order valence-corrected chi connectivity index (χ1v) is 8.20. The molecule has 0 unspecified atom stereocenters. The van der Waals surface area contributed by atoms with Gasteiger partial charge in [-0.15, -0.1) is 0 Å². The highest BCUT2D eigenvalue weighted by Crippen LogP contribution is 2.30. The van der Waals surface area contributed by atoms with Gasteiger partial charge in [0.15, 0.2) is 5.76 Å². The summed E-state index contributed by atoms with van der Waals surface area (Å²) in [5, 5.41) is 13.7. The number of aryl methyl sites for hydroxylation is 2. The van der Waals surface area contributed by atoms with Crippen LogP contribution < -0.4 is 10.1 Å². The van der Waals surface area contributed by atoms with Gasteiger partial charge in [-0.25, -0.2) is 0 Å². The van der Waals surface area contributed by atoms with E-state index in [-0.39, 0.29) is 17.1 Å². The van der Waals surface area contributed by atoms with Gasteiger partial charge in [0.05, 0.1) is 18.1 Å². The number of carbonyl (C=O) groups excluding carboxylic acids is 1. The number of hydrogen-bond acceptors (Lipinski definition) is 5. The lowest BCUT2D eigenvalue weighted by atomic mass is 10.1. The van der Waals surface area contributed by atoms with Crippen LogP contribution in [0.4, 0.5) is 11.4 Å². The minimum absolute atomic E-state index is 0.0633. The van der Waals surface area contributed by atoms with Gasteiger partial charge in [-0.2, -0.15) is 0 Å². The van der Waals surface area contributed by atoms with Gasteiger partial charge >= 0.3 is 0 Å². The second-order valence-corrected chi connectivity index (χ2v) is 6.06. The van der Waals surface area contributed by atoms with Crippen molar-refractivity contribution in [1.29, 1.82) is 0 Å². The molecule has 0 radical (unpaired) electrons. The smallest absolute Gasteiger partial charge is 0.296 e. The average molecular weight is 366 g/mol. The van der Waals surface area contributed by atoms with E-state index in [0.29, 0.717) is 11.5 Å². The number of methoxy groups -OCH3 is 1. The van der Waals surface area contributed by atoms with Crippen molar-refractivity contribution >= 4 is 17.3 Å². The largest absolute Gasteiger partial charge is 0.496 e. The van der Waals surface area contributed by atoms with Crippen LogP contribution in [-0.4, -0.2) is 17.9 Å². The fourth-order valence-electron chi connectivity index (χ4n) is 2.59. The molecule has 0 spiro atoms. The maximum atomic E-state index is 12.5. The van der Waals surface area contributed by atoms with E-state index in [1.807, 2.05) is 32.0 Å². The molecule has 7 heteroatoms. The van der Waals surface area contributed by atoms with Crippen LogP contribution in [0.25, 0.3) is 11.3 Å². The summed E-state index contributed by atoms with van der Waals surface area (Å²) in [5.74, 6) is 0.369. The molecule has 2 aromatic carbocycles. The molecular formula is C20H18N2O5. The van der Waals surface area contributed by atoms with Crippen LogP contribution in [0.3, 0.4) is 0 Å². The number of nitro groups is 1. The molecule has 0 saturated heterocycles. The van der Waals surface area contributed by atoms with E-state index in [0.717, 1.165) is 16.7 Å². The Morgan fingerprint density at radius 1 is 1.07 bits per heavy atom. The van der Waals surface area contributed by atoms with E-state index in [1.165, 1.54) is 31.4 Å². The first-order chi connectivity index (χ1) is 12.9. The van der Waals surface area contributed by atoms with E-state index in [9.17, 15) is 14.9 Å². The average Bonchev–Trinajstić information content (AvgIpc) is 3.14. The maximum absolute atomic E-state index is 12.5. The Morgan fingerprint density at radius 3 is 2.52 bits per heavy atom. The standard InChI is InChI=1S/C20H18N2O5/c1-12-4-5-14(10-13(12)2)18-8-9-19(27-18)20(23)21-16-7-6-15(26-3)11-17(16)22(24)25/h4-11H,1-3H3,(H,21,23). The van der Waals surface area contributed by atoms with Gasteiger partial charge in [0, 0.05) is 5.56 Å². The van der Waals surface area contributed by atoms with Crippen molar-refractivity contribution < 1.29 is 18.9 Å². The van der Waals surface area contributed by atoms with Gasteiger partial charge in [0.1, 0.15) is 17.2 Å². The Labute approximate surface area is 155 Å². The first-order valence-electron chi connectivity index (χ1n) is 8.20. The minimum atomic E-state index is -0.583. The number of nitro benzene ring substituents is 1. The molecule has 1 aromatic heterocycles. The summed E-state index contributed by atoms with van der Waals surface area (Å²) in [6.45, 7) is 4.01. The van der Waals surface area contributed by atoms with Crippen LogP contribution in [0.2, 0.25) is 0 Å². The van der Waals surface area contributed by atoms with Gasteiger partial charge < -0.3 is 14.5 Å². The van der Waals surface area contributed by atoms with Gasteiger partial charge in [-0.05, 0) is 55.3 Å². The number of hydrogen-bond donors (Lipinski definition) is 1. The van der Waals surface area contributed by atoms with Crippen molar-refractivity contribution in [3.8, 4) is 17.1 Å². The van der Waals surface area contributed by atoms with Crippen molar-refractivity contribution in [3.05, 3.63) is 75.5 Å². The first kappa shape index (κ1) is 18.2. The Morgan fingerprint density at radius 2 is 1.85 bits per heavy atom.